The van der Waals surface area contributed by atoms with Gasteiger partial charge in [-0.1, -0.05) is 12.1 Å². The fourth-order valence-corrected chi connectivity index (χ4v) is 4.69. The Labute approximate surface area is 193 Å². The van der Waals surface area contributed by atoms with Crippen LogP contribution >= 0.6 is 0 Å². The van der Waals surface area contributed by atoms with Crippen LogP contribution in [0.3, 0.4) is 0 Å². The molecule has 2 aromatic heterocycles. The number of aromatic nitrogens is 4. The third-order valence-electron chi connectivity index (χ3n) is 6.42. The van der Waals surface area contributed by atoms with E-state index in [4.69, 9.17) is 14.7 Å². The fourth-order valence-electron chi connectivity index (χ4n) is 4.69. The number of benzene rings is 1. The van der Waals surface area contributed by atoms with E-state index in [9.17, 15) is 4.79 Å². The molecule has 3 aromatic rings. The molecule has 1 amide bonds. The van der Waals surface area contributed by atoms with Crippen LogP contribution in [0, 0.1) is 6.92 Å². The molecule has 0 saturated carbocycles. The molecule has 1 saturated heterocycles. The van der Waals surface area contributed by atoms with Crippen molar-refractivity contribution in [1.82, 2.24) is 24.8 Å². The minimum atomic E-state index is 0.125. The van der Waals surface area contributed by atoms with Crippen molar-refractivity contribution in [3.8, 4) is 11.8 Å². The number of nitrogens with zero attached hydrogens (tertiary/aromatic N) is 6. The standard InChI is InChI=1S/C25H28N6O2/c1-17-21-9-10-22(32)30(2)24(21)29-23(28-17)19-7-4-13-31(16-19)15-18-6-3-8-20(14-18)33-25-26-11-5-12-27-25/h3,5-6,8,11-12,14,19H,4,7,9-10,13,15-16H2,1-2H3/t19-/m1/s1. The van der Waals surface area contributed by atoms with Gasteiger partial charge in [0.25, 0.3) is 0 Å². The Morgan fingerprint density at radius 1 is 1.12 bits per heavy atom. The van der Waals surface area contributed by atoms with Crippen molar-refractivity contribution in [3.05, 3.63) is 65.4 Å². The largest absolute Gasteiger partial charge is 0.424 e. The highest BCUT2D eigenvalue weighted by atomic mass is 16.5. The van der Waals surface area contributed by atoms with Gasteiger partial charge in [-0.3, -0.25) is 14.6 Å². The number of aryl methyl sites for hydroxylation is 1. The van der Waals surface area contributed by atoms with Crippen molar-refractivity contribution in [2.45, 2.75) is 45.1 Å². The van der Waals surface area contributed by atoms with Crippen molar-refractivity contribution in [2.75, 3.05) is 25.0 Å². The van der Waals surface area contributed by atoms with Gasteiger partial charge < -0.3 is 4.74 Å². The number of likely N-dealkylation sites (tertiary alicyclic amines) is 1. The zero-order chi connectivity index (χ0) is 22.8. The molecular weight excluding hydrogens is 416 g/mol. The summed E-state index contributed by atoms with van der Waals surface area (Å²) in [7, 11) is 1.82. The lowest BCUT2D eigenvalue weighted by Crippen LogP contribution is -2.36. The highest BCUT2D eigenvalue weighted by Gasteiger charge is 2.29. The number of hydrogen-bond donors (Lipinski definition) is 0. The third-order valence-corrected chi connectivity index (χ3v) is 6.42. The number of rotatable bonds is 5. The average Bonchev–Trinajstić information content (AvgIpc) is 2.83. The lowest BCUT2D eigenvalue weighted by Gasteiger charge is -2.33. The maximum absolute atomic E-state index is 12.2. The summed E-state index contributed by atoms with van der Waals surface area (Å²) in [6.45, 7) is 4.79. The number of carbonyl (C=O) groups excluding carboxylic acids is 1. The normalized spacial score (nSPS) is 18.8. The molecule has 8 nitrogen and oxygen atoms in total. The van der Waals surface area contributed by atoms with E-state index in [0.717, 1.165) is 67.5 Å². The number of anilines is 1. The van der Waals surface area contributed by atoms with E-state index in [0.29, 0.717) is 12.4 Å². The van der Waals surface area contributed by atoms with E-state index in [2.05, 4.69) is 20.9 Å². The highest BCUT2D eigenvalue weighted by molar-refractivity contribution is 5.94. The van der Waals surface area contributed by atoms with E-state index in [1.165, 1.54) is 5.56 Å². The van der Waals surface area contributed by atoms with Gasteiger partial charge in [0, 0.05) is 56.1 Å². The van der Waals surface area contributed by atoms with Crippen LogP contribution in [0.1, 0.15) is 47.8 Å². The summed E-state index contributed by atoms with van der Waals surface area (Å²) in [6, 6.07) is 10.2. The predicted molar refractivity (Wildman–Crippen MR) is 124 cm³/mol. The number of piperidine rings is 1. The SMILES string of the molecule is Cc1nc([C@@H]2CCCN(Cc3cccc(Oc4ncccn4)c3)C2)nc2c1CCC(=O)N2C. The van der Waals surface area contributed by atoms with E-state index >= 15 is 0 Å². The van der Waals surface area contributed by atoms with E-state index in [1.54, 1.807) is 23.4 Å². The van der Waals surface area contributed by atoms with Crippen LogP contribution in [-0.2, 0) is 17.8 Å². The van der Waals surface area contributed by atoms with Gasteiger partial charge in [-0.05, 0) is 56.5 Å². The molecule has 33 heavy (non-hydrogen) atoms. The van der Waals surface area contributed by atoms with Crippen molar-refractivity contribution in [3.63, 3.8) is 0 Å². The first kappa shape index (κ1) is 21.5. The Morgan fingerprint density at radius 3 is 2.82 bits per heavy atom. The topological polar surface area (TPSA) is 84.3 Å². The van der Waals surface area contributed by atoms with Crippen molar-refractivity contribution < 1.29 is 9.53 Å². The van der Waals surface area contributed by atoms with Gasteiger partial charge in [-0.2, -0.15) is 0 Å². The molecule has 4 heterocycles. The van der Waals surface area contributed by atoms with Crippen LogP contribution in [-0.4, -0.2) is 50.9 Å². The second-order valence-corrected chi connectivity index (χ2v) is 8.78. The molecule has 2 aliphatic rings. The zero-order valence-electron chi connectivity index (χ0n) is 19.1. The number of hydrogen-bond acceptors (Lipinski definition) is 7. The molecule has 1 atom stereocenters. The van der Waals surface area contributed by atoms with Gasteiger partial charge in [0.15, 0.2) is 0 Å². The summed E-state index contributed by atoms with van der Waals surface area (Å²) in [5.41, 5.74) is 3.28. The highest BCUT2D eigenvalue weighted by Crippen LogP contribution is 2.32. The van der Waals surface area contributed by atoms with Gasteiger partial charge >= 0.3 is 6.01 Å². The molecule has 0 N–H and O–H groups in total. The predicted octanol–water partition coefficient (Wildman–Crippen LogP) is 3.66. The second kappa shape index (κ2) is 9.23. The van der Waals surface area contributed by atoms with Crippen LogP contribution in [0.5, 0.6) is 11.8 Å². The van der Waals surface area contributed by atoms with Crippen molar-refractivity contribution >= 4 is 11.7 Å². The average molecular weight is 445 g/mol. The summed E-state index contributed by atoms with van der Waals surface area (Å²) < 4.78 is 5.79. The van der Waals surface area contributed by atoms with Crippen LogP contribution in [0.2, 0.25) is 0 Å². The summed E-state index contributed by atoms with van der Waals surface area (Å²) in [6.07, 6.45) is 6.74. The first-order valence-corrected chi connectivity index (χ1v) is 11.5. The minimum Gasteiger partial charge on any atom is -0.424 e. The third kappa shape index (κ3) is 4.71. The number of carbonyl (C=O) groups is 1. The monoisotopic (exact) mass is 444 g/mol. The van der Waals surface area contributed by atoms with E-state index in [-0.39, 0.29) is 11.8 Å². The lowest BCUT2D eigenvalue weighted by atomic mass is 9.95. The molecule has 8 heteroatoms. The number of ether oxygens (including phenoxy) is 1. The Morgan fingerprint density at radius 2 is 1.97 bits per heavy atom. The van der Waals surface area contributed by atoms with Crippen molar-refractivity contribution in [2.24, 2.45) is 0 Å². The minimum absolute atomic E-state index is 0.125. The van der Waals surface area contributed by atoms with Gasteiger partial charge in [0.1, 0.15) is 17.4 Å². The van der Waals surface area contributed by atoms with Crippen molar-refractivity contribution in [1.29, 1.82) is 0 Å². The zero-order valence-corrected chi connectivity index (χ0v) is 19.1. The first-order valence-electron chi connectivity index (χ1n) is 11.5. The quantitative estimate of drug-likeness (QED) is 0.594. The van der Waals surface area contributed by atoms with Crippen LogP contribution in [0.25, 0.3) is 0 Å². The van der Waals surface area contributed by atoms with E-state index < -0.39 is 0 Å². The first-order chi connectivity index (χ1) is 16.1. The molecule has 5 rings (SSSR count). The molecule has 0 radical (unpaired) electrons. The maximum atomic E-state index is 12.2. The van der Waals surface area contributed by atoms with Gasteiger partial charge in [-0.15, -0.1) is 0 Å². The van der Waals surface area contributed by atoms with Gasteiger partial charge in [0.2, 0.25) is 5.91 Å². The molecule has 1 aromatic carbocycles. The molecular formula is C25H28N6O2. The van der Waals surface area contributed by atoms with Gasteiger partial charge in [0.05, 0.1) is 0 Å². The van der Waals surface area contributed by atoms with Crippen LogP contribution < -0.4 is 9.64 Å². The van der Waals surface area contributed by atoms with Gasteiger partial charge in [-0.25, -0.2) is 19.9 Å². The fraction of sp³-hybridized carbons (Fsp3) is 0.400. The smallest absolute Gasteiger partial charge is 0.321 e. The van der Waals surface area contributed by atoms with E-state index in [1.807, 2.05) is 32.2 Å². The summed E-state index contributed by atoms with van der Waals surface area (Å²) in [4.78, 5) is 34.3. The molecule has 170 valence electrons. The Bertz CT molecular complexity index is 1150. The Kier molecular flexibility index (Phi) is 6.00. The van der Waals surface area contributed by atoms with Crippen LogP contribution in [0.4, 0.5) is 5.82 Å². The summed E-state index contributed by atoms with van der Waals surface area (Å²) in [5, 5.41) is 0. The molecule has 0 spiro atoms. The maximum Gasteiger partial charge on any atom is 0.321 e. The molecule has 0 aliphatic carbocycles. The molecule has 1 fully saturated rings. The molecule has 2 aliphatic heterocycles. The molecule has 0 bridgehead atoms. The molecule has 0 unspecified atom stereocenters. The summed E-state index contributed by atoms with van der Waals surface area (Å²) >= 11 is 0. The Hall–Kier alpha value is -3.39. The second-order valence-electron chi connectivity index (χ2n) is 8.78. The Balaban J connectivity index is 1.30. The van der Waals surface area contributed by atoms with Crippen LogP contribution in [0.15, 0.2) is 42.7 Å². The summed E-state index contributed by atoms with van der Waals surface area (Å²) in [5.74, 6) is 2.76. The lowest BCUT2D eigenvalue weighted by molar-refractivity contribution is -0.118. The number of amides is 1. The number of fused-ring (bicyclic) bond motifs is 1.